The van der Waals surface area contributed by atoms with Gasteiger partial charge in [0.05, 0.1) is 41.9 Å². The number of nitrogens with two attached hydrogens (primary N) is 1. The number of aromatic nitrogens is 4. The minimum Gasteiger partial charge on any atom is -0.465 e. The third-order valence-corrected chi connectivity index (χ3v) is 10.0. The number of rotatable bonds is 9. The van der Waals surface area contributed by atoms with Gasteiger partial charge in [-0.25, -0.2) is 14.8 Å². The molecule has 4 atom stereocenters. The van der Waals surface area contributed by atoms with Gasteiger partial charge in [-0.2, -0.15) is 0 Å². The smallest absolute Gasteiger partial charge is 0.407 e. The molecule has 5 aromatic rings. The van der Waals surface area contributed by atoms with Crippen molar-refractivity contribution in [2.45, 2.75) is 56.8 Å². The molecule has 3 amide bonds. The summed E-state index contributed by atoms with van der Waals surface area (Å²) in [5.74, 6) is 1.16. The summed E-state index contributed by atoms with van der Waals surface area (Å²) >= 11 is 0. The highest BCUT2D eigenvalue weighted by Gasteiger charge is 2.39. The Hall–Kier alpha value is -5.75. The molecule has 0 bridgehead atoms. The van der Waals surface area contributed by atoms with E-state index >= 15 is 0 Å². The van der Waals surface area contributed by atoms with E-state index in [1.54, 1.807) is 30.2 Å². The van der Waals surface area contributed by atoms with Crippen molar-refractivity contribution in [3.63, 3.8) is 0 Å². The molecule has 3 aromatic carbocycles. The molecule has 12 nitrogen and oxygen atoms in total. The average Bonchev–Trinajstić information content (AvgIpc) is 3.98. The largest absolute Gasteiger partial charge is 0.465 e. The maximum Gasteiger partial charge on any atom is 0.407 e. The maximum absolute atomic E-state index is 13.9. The van der Waals surface area contributed by atoms with Gasteiger partial charge in [0.25, 0.3) is 5.91 Å². The van der Waals surface area contributed by atoms with Gasteiger partial charge in [0.15, 0.2) is 0 Å². The van der Waals surface area contributed by atoms with E-state index in [0.29, 0.717) is 24.5 Å². The molecule has 4 heterocycles. The number of imidazole rings is 2. The highest BCUT2D eigenvalue weighted by Crippen LogP contribution is 2.36. The van der Waals surface area contributed by atoms with Crippen molar-refractivity contribution < 1.29 is 19.5 Å². The zero-order valence-corrected chi connectivity index (χ0v) is 28.7. The first-order valence-corrected chi connectivity index (χ1v) is 17.4. The van der Waals surface area contributed by atoms with Crippen molar-refractivity contribution in [1.82, 2.24) is 34.6 Å². The lowest BCUT2D eigenvalue weighted by Crippen LogP contribution is -2.43. The Labute approximate surface area is 296 Å². The summed E-state index contributed by atoms with van der Waals surface area (Å²) in [4.78, 5) is 59.2. The van der Waals surface area contributed by atoms with Crippen molar-refractivity contribution in [1.29, 1.82) is 0 Å². The lowest BCUT2D eigenvalue weighted by atomic mass is 10.0. The van der Waals surface area contributed by atoms with Crippen molar-refractivity contribution >= 4 is 17.9 Å². The molecule has 2 aliphatic rings. The van der Waals surface area contributed by atoms with Crippen LogP contribution in [0.3, 0.4) is 0 Å². The molecule has 12 heteroatoms. The van der Waals surface area contributed by atoms with Crippen LogP contribution in [0.2, 0.25) is 0 Å². The van der Waals surface area contributed by atoms with Crippen LogP contribution in [0.25, 0.3) is 33.6 Å². The molecule has 0 aliphatic carbocycles. The highest BCUT2D eigenvalue weighted by molar-refractivity contribution is 5.87. The summed E-state index contributed by atoms with van der Waals surface area (Å²) in [5.41, 5.74) is 12.3. The first-order chi connectivity index (χ1) is 24.7. The minimum atomic E-state index is -1.16. The first-order valence-electron chi connectivity index (χ1n) is 17.4. The van der Waals surface area contributed by atoms with Gasteiger partial charge in [-0.1, -0.05) is 78.9 Å². The van der Waals surface area contributed by atoms with Gasteiger partial charge >= 0.3 is 6.09 Å². The van der Waals surface area contributed by atoms with Crippen LogP contribution in [-0.4, -0.2) is 83.8 Å². The molecule has 0 unspecified atom stereocenters. The van der Waals surface area contributed by atoms with Gasteiger partial charge in [0.1, 0.15) is 17.7 Å². The van der Waals surface area contributed by atoms with Gasteiger partial charge < -0.3 is 30.6 Å². The molecule has 2 saturated heterocycles. The molecule has 2 aliphatic heterocycles. The van der Waals surface area contributed by atoms with E-state index in [9.17, 15) is 19.5 Å². The summed E-state index contributed by atoms with van der Waals surface area (Å²) in [7, 11) is 1.43. The molecule has 0 saturated carbocycles. The van der Waals surface area contributed by atoms with Crippen LogP contribution in [0.4, 0.5) is 4.79 Å². The lowest BCUT2D eigenvalue weighted by Gasteiger charge is -2.32. The number of carbonyl (C=O) groups is 3. The number of amides is 3. The number of benzene rings is 3. The van der Waals surface area contributed by atoms with E-state index in [4.69, 9.17) is 5.73 Å². The van der Waals surface area contributed by atoms with Gasteiger partial charge in [0.2, 0.25) is 5.91 Å². The van der Waals surface area contributed by atoms with Crippen LogP contribution in [0, 0.1) is 0 Å². The number of likely N-dealkylation sites (N-methyl/N-ethyl adjacent to an activating group) is 1. The zero-order chi connectivity index (χ0) is 35.6. The first kappa shape index (κ1) is 33.7. The van der Waals surface area contributed by atoms with Crippen molar-refractivity contribution in [2.24, 2.45) is 5.73 Å². The Kier molecular flexibility index (Phi) is 9.42. The Morgan fingerprint density at radius 1 is 0.745 bits per heavy atom. The van der Waals surface area contributed by atoms with Crippen LogP contribution in [0.15, 0.2) is 91.3 Å². The second-order valence-electron chi connectivity index (χ2n) is 13.4. The molecular formula is C39H42N8O4. The van der Waals surface area contributed by atoms with Gasteiger partial charge in [0, 0.05) is 20.1 Å². The van der Waals surface area contributed by atoms with E-state index in [0.717, 1.165) is 70.0 Å². The van der Waals surface area contributed by atoms with Gasteiger partial charge in [-0.15, -0.1) is 0 Å². The number of likely N-dealkylation sites (tertiary alicyclic amines) is 2. The molecule has 262 valence electrons. The third-order valence-electron chi connectivity index (χ3n) is 10.0. The van der Waals surface area contributed by atoms with E-state index in [-0.39, 0.29) is 23.9 Å². The third kappa shape index (κ3) is 6.74. The monoisotopic (exact) mass is 686 g/mol. The second kappa shape index (κ2) is 14.2. The fourth-order valence-corrected chi connectivity index (χ4v) is 7.32. The number of nitrogens with one attached hydrogen (secondary N) is 2. The Balaban J connectivity index is 1.03. The summed E-state index contributed by atoms with van der Waals surface area (Å²) < 4.78 is 0. The van der Waals surface area contributed by atoms with Crippen molar-refractivity contribution in [3.8, 4) is 33.6 Å². The van der Waals surface area contributed by atoms with Gasteiger partial charge in [-0.3, -0.25) is 14.5 Å². The number of hydrogen-bond donors (Lipinski definition) is 4. The lowest BCUT2D eigenvalue weighted by molar-refractivity contribution is -0.137. The fourth-order valence-electron chi connectivity index (χ4n) is 7.32. The van der Waals surface area contributed by atoms with Gasteiger partial charge in [-0.05, 0) is 60.4 Å². The van der Waals surface area contributed by atoms with E-state index in [1.165, 1.54) is 7.05 Å². The molecule has 2 fully saturated rings. The zero-order valence-electron chi connectivity index (χ0n) is 28.7. The predicted octanol–water partition coefficient (Wildman–Crippen LogP) is 6.16. The van der Waals surface area contributed by atoms with Crippen molar-refractivity contribution in [2.75, 3.05) is 20.1 Å². The summed E-state index contributed by atoms with van der Waals surface area (Å²) in [6, 6.07) is 23.7. The van der Waals surface area contributed by atoms with Crippen LogP contribution in [0.1, 0.15) is 67.9 Å². The van der Waals surface area contributed by atoms with E-state index in [2.05, 4.69) is 56.3 Å². The highest BCUT2D eigenvalue weighted by atomic mass is 16.4. The van der Waals surface area contributed by atoms with Crippen LogP contribution >= 0.6 is 0 Å². The molecule has 0 radical (unpaired) electrons. The fraction of sp³-hybridized carbons (Fsp3) is 0.308. The number of carbonyl (C=O) groups excluding carboxylic acids is 2. The number of hydrogen-bond acceptors (Lipinski definition) is 6. The van der Waals surface area contributed by atoms with Crippen LogP contribution < -0.4 is 5.73 Å². The Bertz CT molecular complexity index is 2000. The molecular weight excluding hydrogens is 644 g/mol. The summed E-state index contributed by atoms with van der Waals surface area (Å²) in [6.07, 6.45) is 5.77. The summed E-state index contributed by atoms with van der Waals surface area (Å²) in [6.45, 7) is 2.94. The predicted molar refractivity (Wildman–Crippen MR) is 193 cm³/mol. The average molecular weight is 687 g/mol. The van der Waals surface area contributed by atoms with Crippen molar-refractivity contribution in [3.05, 3.63) is 108 Å². The molecule has 0 spiro atoms. The summed E-state index contributed by atoms with van der Waals surface area (Å²) in [5, 5.41) is 9.76. The van der Waals surface area contributed by atoms with E-state index < -0.39 is 18.2 Å². The van der Waals surface area contributed by atoms with Crippen LogP contribution in [0.5, 0.6) is 0 Å². The number of carboxylic acid groups (broad SMARTS) is 1. The number of H-pyrrole nitrogens is 2. The Morgan fingerprint density at radius 2 is 1.20 bits per heavy atom. The topological polar surface area (TPSA) is 165 Å². The van der Waals surface area contributed by atoms with E-state index in [1.807, 2.05) is 41.4 Å². The quantitative estimate of drug-likeness (QED) is 0.144. The van der Waals surface area contributed by atoms with Crippen LogP contribution in [-0.2, 0) is 9.59 Å². The molecule has 51 heavy (non-hydrogen) atoms. The molecule has 5 N–H and O–H groups in total. The second-order valence-corrected chi connectivity index (χ2v) is 13.4. The normalized spacial score (nSPS) is 18.5. The minimum absolute atomic E-state index is 0.0499. The number of aromatic amines is 2. The SMILES string of the molecule is C[C@H](N)C(=O)N1CCC[C@H]1c1ncc(-c2ccc(-c3ccc(-c4cnc([C@@H]5CCCN5C(=O)[C@@H](c5ccccc5)N(C)C(=O)O)[nH]4)cc3)cc2)[nH]1. The molecule has 2 aromatic heterocycles. The maximum atomic E-state index is 13.9. The Morgan fingerprint density at radius 3 is 1.65 bits per heavy atom. The number of nitrogens with zero attached hydrogens (tertiary/aromatic N) is 5. The standard InChI is InChI=1S/C39H42N8O4/c1-24(40)37(48)46-20-6-10-32(46)35-41-22-30(43-35)27-16-12-25(13-17-27)26-14-18-28(19-15-26)31-23-42-36(44-31)33-11-7-21-47(33)38(49)34(45(2)39(50)51)29-8-4-3-5-9-29/h3-5,8-9,12-19,22-24,32-34H,6-7,10-11,20-21,40H2,1-2H3,(H,41,43)(H,42,44)(H,50,51)/t24-,32-,33-,34+/m0/s1. The molecule has 7 rings (SSSR count).